The lowest BCUT2D eigenvalue weighted by Gasteiger charge is -2.43. The van der Waals surface area contributed by atoms with E-state index in [-0.39, 0.29) is 42.2 Å². The van der Waals surface area contributed by atoms with Crippen molar-refractivity contribution in [1.29, 1.82) is 0 Å². The highest BCUT2D eigenvalue weighted by Crippen LogP contribution is 2.46. The lowest BCUT2D eigenvalue weighted by molar-refractivity contribution is -0.141. The van der Waals surface area contributed by atoms with Gasteiger partial charge >= 0.3 is 6.03 Å². The molecule has 0 bridgehead atoms. The Hall–Kier alpha value is -1.34. The Balaban J connectivity index is 0.00000261. The molecule has 27 heavy (non-hydrogen) atoms. The van der Waals surface area contributed by atoms with E-state index in [9.17, 15) is 14.4 Å². The summed E-state index contributed by atoms with van der Waals surface area (Å²) < 4.78 is 0. The second-order valence-electron chi connectivity index (χ2n) is 9.24. The summed E-state index contributed by atoms with van der Waals surface area (Å²) in [5.41, 5.74) is -0.849. The second kappa shape index (κ2) is 7.95. The minimum atomic E-state index is -0.841. The summed E-state index contributed by atoms with van der Waals surface area (Å²) in [6.45, 7) is 8.02. The topological polar surface area (TPSA) is 81.8 Å². The van der Waals surface area contributed by atoms with E-state index >= 15 is 0 Å². The number of rotatable bonds is 3. The molecule has 3 aliphatic rings. The molecule has 0 aromatic rings. The van der Waals surface area contributed by atoms with Gasteiger partial charge in [-0.25, -0.2) is 4.79 Å². The zero-order valence-corrected chi connectivity index (χ0v) is 17.7. The van der Waals surface area contributed by atoms with Gasteiger partial charge in [0, 0.05) is 13.1 Å². The average Bonchev–Trinajstić information content (AvgIpc) is 2.76. The minimum absolute atomic E-state index is 0. The number of amides is 4. The fourth-order valence-electron chi connectivity index (χ4n) is 5.29. The third-order valence-corrected chi connectivity index (χ3v) is 6.17. The van der Waals surface area contributed by atoms with Crippen molar-refractivity contribution in [3.8, 4) is 0 Å². The maximum Gasteiger partial charge on any atom is 0.325 e. The van der Waals surface area contributed by atoms with E-state index in [1.807, 2.05) is 0 Å². The molecule has 2 N–H and O–H groups in total. The number of imide groups is 1. The van der Waals surface area contributed by atoms with E-state index in [0.29, 0.717) is 18.8 Å². The number of urea groups is 1. The first-order valence-electron chi connectivity index (χ1n) is 9.74. The number of carbonyl (C=O) groups is 3. The predicted molar refractivity (Wildman–Crippen MR) is 106 cm³/mol. The lowest BCUT2D eigenvalue weighted by atomic mass is 9.64. The zero-order valence-electron chi connectivity index (χ0n) is 16.8. The highest BCUT2D eigenvalue weighted by Gasteiger charge is 2.56. The van der Waals surface area contributed by atoms with E-state index in [0.717, 1.165) is 37.3 Å². The molecule has 4 amide bonds. The second-order valence-corrected chi connectivity index (χ2v) is 9.24. The Bertz CT molecular complexity index is 606. The first kappa shape index (κ1) is 22.0. The largest absolute Gasteiger partial charge is 0.341 e. The normalized spacial score (nSPS) is 30.8. The molecule has 7 nitrogen and oxygen atoms in total. The molecule has 2 heterocycles. The molecule has 0 radical (unpaired) electrons. The Labute approximate surface area is 168 Å². The van der Waals surface area contributed by atoms with Crippen molar-refractivity contribution in [2.45, 2.75) is 64.5 Å². The van der Waals surface area contributed by atoms with Crippen LogP contribution in [0.15, 0.2) is 0 Å². The van der Waals surface area contributed by atoms with Crippen LogP contribution in [0.4, 0.5) is 4.79 Å². The molecule has 2 atom stereocenters. The van der Waals surface area contributed by atoms with Crippen LogP contribution in [0.25, 0.3) is 0 Å². The first-order chi connectivity index (χ1) is 12.1. The van der Waals surface area contributed by atoms with Crippen molar-refractivity contribution in [2.75, 3.05) is 26.7 Å². The van der Waals surface area contributed by atoms with E-state index in [1.54, 1.807) is 11.9 Å². The molecule has 3 fully saturated rings. The van der Waals surface area contributed by atoms with Gasteiger partial charge in [0.1, 0.15) is 12.1 Å². The van der Waals surface area contributed by atoms with Crippen LogP contribution in [0.3, 0.4) is 0 Å². The molecule has 154 valence electrons. The van der Waals surface area contributed by atoms with Crippen LogP contribution in [0.2, 0.25) is 0 Å². The van der Waals surface area contributed by atoms with Gasteiger partial charge in [-0.2, -0.15) is 0 Å². The number of piperidine rings is 1. The fraction of sp³-hybridized carbons (Fsp3) is 0.842. The molecule has 0 aromatic heterocycles. The Morgan fingerprint density at radius 2 is 1.85 bits per heavy atom. The molecule has 1 aliphatic carbocycles. The number of likely N-dealkylation sites (N-methyl/N-ethyl adjacent to an activating group) is 1. The Morgan fingerprint density at radius 3 is 2.44 bits per heavy atom. The number of halogens is 1. The quantitative estimate of drug-likeness (QED) is 0.707. The van der Waals surface area contributed by atoms with Gasteiger partial charge in [0.2, 0.25) is 5.91 Å². The molecule has 2 aliphatic heterocycles. The number of hydrogen-bond acceptors (Lipinski definition) is 4. The highest BCUT2D eigenvalue weighted by atomic mass is 35.5. The summed E-state index contributed by atoms with van der Waals surface area (Å²) in [7, 11) is 1.78. The molecular weight excluding hydrogens is 368 g/mol. The van der Waals surface area contributed by atoms with Crippen LogP contribution in [0.5, 0.6) is 0 Å². The first-order valence-corrected chi connectivity index (χ1v) is 9.74. The maximum atomic E-state index is 13.1. The standard InChI is InChI=1S/C19H32N4O3.ClH/c1-13-9-18(2,3)12-19(10-13)16(25)23(17(26)21-19)11-15(24)22(4)14-5-7-20-8-6-14;/h13-14,20H,5-12H2,1-4H3,(H,21,26);1H. The van der Waals surface area contributed by atoms with Gasteiger partial charge in [-0.1, -0.05) is 20.8 Å². The SMILES string of the molecule is CC1CC(C)(C)CC2(C1)NC(=O)N(CC(=O)N(C)C1CCNCC1)C2=O.Cl. The van der Waals surface area contributed by atoms with Crippen LogP contribution in [-0.2, 0) is 9.59 Å². The molecule has 8 heteroatoms. The van der Waals surface area contributed by atoms with Crippen molar-refractivity contribution in [1.82, 2.24) is 20.4 Å². The summed E-state index contributed by atoms with van der Waals surface area (Å²) in [5, 5.41) is 6.22. The van der Waals surface area contributed by atoms with Crippen molar-refractivity contribution >= 4 is 30.3 Å². The van der Waals surface area contributed by atoms with Crippen LogP contribution in [0, 0.1) is 11.3 Å². The molecule has 2 saturated heterocycles. The molecule has 2 unspecified atom stereocenters. The van der Waals surface area contributed by atoms with Crippen LogP contribution in [-0.4, -0.2) is 65.9 Å². The molecule has 1 spiro atoms. The summed E-state index contributed by atoms with van der Waals surface area (Å²) >= 11 is 0. The lowest BCUT2D eigenvalue weighted by Crippen LogP contribution is -2.54. The minimum Gasteiger partial charge on any atom is -0.341 e. The number of nitrogens with zero attached hydrogens (tertiary/aromatic N) is 2. The van der Waals surface area contributed by atoms with Crippen molar-refractivity contribution in [2.24, 2.45) is 11.3 Å². The predicted octanol–water partition coefficient (Wildman–Crippen LogP) is 1.76. The van der Waals surface area contributed by atoms with Gasteiger partial charge in [0.25, 0.3) is 5.91 Å². The highest BCUT2D eigenvalue weighted by molar-refractivity contribution is 6.09. The van der Waals surface area contributed by atoms with E-state index < -0.39 is 11.6 Å². The van der Waals surface area contributed by atoms with E-state index in [4.69, 9.17) is 0 Å². The number of carbonyl (C=O) groups excluding carboxylic acids is 3. The molecule has 0 aromatic carbocycles. The summed E-state index contributed by atoms with van der Waals surface area (Å²) in [4.78, 5) is 41.2. The van der Waals surface area contributed by atoms with Crippen LogP contribution >= 0.6 is 12.4 Å². The van der Waals surface area contributed by atoms with E-state index in [1.165, 1.54) is 0 Å². The fourth-order valence-corrected chi connectivity index (χ4v) is 5.29. The molecule has 1 saturated carbocycles. The third kappa shape index (κ3) is 4.40. The Kier molecular flexibility index (Phi) is 6.47. The van der Waals surface area contributed by atoms with E-state index in [2.05, 4.69) is 31.4 Å². The van der Waals surface area contributed by atoms with Crippen LogP contribution < -0.4 is 10.6 Å². The molecule has 3 rings (SSSR count). The monoisotopic (exact) mass is 400 g/mol. The summed E-state index contributed by atoms with van der Waals surface area (Å²) in [5.74, 6) is -0.0363. The Morgan fingerprint density at radius 1 is 1.22 bits per heavy atom. The van der Waals surface area contributed by atoms with Gasteiger partial charge in [0.15, 0.2) is 0 Å². The number of hydrogen-bond donors (Lipinski definition) is 2. The number of nitrogens with one attached hydrogen (secondary N) is 2. The van der Waals surface area contributed by atoms with Gasteiger partial charge in [0.05, 0.1) is 0 Å². The average molecular weight is 401 g/mol. The smallest absolute Gasteiger partial charge is 0.325 e. The van der Waals surface area contributed by atoms with Gasteiger partial charge in [-0.3, -0.25) is 14.5 Å². The van der Waals surface area contributed by atoms with Gasteiger partial charge in [-0.15, -0.1) is 12.4 Å². The third-order valence-electron chi connectivity index (χ3n) is 6.17. The van der Waals surface area contributed by atoms with Crippen molar-refractivity contribution in [3.05, 3.63) is 0 Å². The molecular formula is C19H33ClN4O3. The maximum absolute atomic E-state index is 13.1. The van der Waals surface area contributed by atoms with Crippen LogP contribution in [0.1, 0.15) is 52.9 Å². The zero-order chi connectivity index (χ0) is 19.1. The van der Waals surface area contributed by atoms with Crippen molar-refractivity contribution < 1.29 is 14.4 Å². The van der Waals surface area contributed by atoms with Gasteiger partial charge < -0.3 is 15.5 Å². The van der Waals surface area contributed by atoms with Crippen molar-refractivity contribution in [3.63, 3.8) is 0 Å². The summed E-state index contributed by atoms with van der Waals surface area (Å²) in [6.07, 6.45) is 4.12. The summed E-state index contributed by atoms with van der Waals surface area (Å²) in [6, 6.07) is -0.251. The van der Waals surface area contributed by atoms with Gasteiger partial charge in [-0.05, 0) is 56.5 Å².